The van der Waals surface area contributed by atoms with Crippen molar-refractivity contribution < 1.29 is 4.74 Å². The van der Waals surface area contributed by atoms with Gasteiger partial charge >= 0.3 is 0 Å². The maximum atomic E-state index is 5.08. The largest absolute Gasteiger partial charge is 0.481 e. The lowest BCUT2D eigenvalue weighted by molar-refractivity contribution is 0.397. The topological polar surface area (TPSA) is 59.9 Å². The van der Waals surface area contributed by atoms with Crippen LogP contribution in [0.15, 0.2) is 18.3 Å². The van der Waals surface area contributed by atoms with Crippen molar-refractivity contribution in [1.29, 1.82) is 0 Å². The summed E-state index contributed by atoms with van der Waals surface area (Å²) in [7, 11) is 1.62. The monoisotopic (exact) mass is 284 g/mol. The first-order valence-electron chi connectivity index (χ1n) is 7.37. The van der Waals surface area contributed by atoms with Crippen LogP contribution >= 0.6 is 0 Å². The normalized spacial score (nSPS) is 13.2. The highest BCUT2D eigenvalue weighted by atomic mass is 16.5. The van der Waals surface area contributed by atoms with Gasteiger partial charge in [-0.3, -0.25) is 0 Å². The van der Waals surface area contributed by atoms with Crippen molar-refractivity contribution in [2.75, 3.05) is 7.11 Å². The molecule has 0 saturated heterocycles. The van der Waals surface area contributed by atoms with E-state index < -0.39 is 0 Å². The second-order valence-electron chi connectivity index (χ2n) is 5.25. The van der Waals surface area contributed by atoms with Crippen LogP contribution in [-0.2, 0) is 25.9 Å². The van der Waals surface area contributed by atoms with Crippen LogP contribution in [0, 0.1) is 0 Å². The molecule has 5 heteroatoms. The van der Waals surface area contributed by atoms with E-state index in [4.69, 9.17) is 14.7 Å². The number of rotatable bonds is 5. The number of nitrogens with one attached hydrogen (secondary N) is 1. The third kappa shape index (κ3) is 3.03. The van der Waals surface area contributed by atoms with Gasteiger partial charge in [0.1, 0.15) is 5.82 Å². The molecule has 0 radical (unpaired) electrons. The van der Waals surface area contributed by atoms with E-state index in [2.05, 4.69) is 17.2 Å². The highest BCUT2D eigenvalue weighted by molar-refractivity contribution is 5.31. The molecule has 110 valence electrons. The van der Waals surface area contributed by atoms with Gasteiger partial charge in [-0.1, -0.05) is 19.4 Å². The Bertz CT molecular complexity index is 625. The summed E-state index contributed by atoms with van der Waals surface area (Å²) in [5.74, 6) is 1.51. The van der Waals surface area contributed by atoms with E-state index in [9.17, 15) is 0 Å². The third-order valence-corrected chi connectivity index (χ3v) is 3.67. The number of methoxy groups -OCH3 is 1. The fraction of sp³-hybridized carbons (Fsp3) is 0.438. The summed E-state index contributed by atoms with van der Waals surface area (Å²) in [5.41, 5.74) is 4.76. The predicted molar refractivity (Wildman–Crippen MR) is 80.2 cm³/mol. The first kappa shape index (κ1) is 13.9. The molecule has 0 aromatic carbocycles. The number of ether oxygens (including phenoxy) is 1. The third-order valence-electron chi connectivity index (χ3n) is 3.67. The highest BCUT2D eigenvalue weighted by Crippen LogP contribution is 2.19. The lowest BCUT2D eigenvalue weighted by Gasteiger charge is -2.09. The van der Waals surface area contributed by atoms with Crippen molar-refractivity contribution in [2.24, 2.45) is 0 Å². The minimum atomic E-state index is 0.629. The first-order chi connectivity index (χ1) is 10.3. The van der Waals surface area contributed by atoms with Crippen LogP contribution in [-0.4, -0.2) is 22.1 Å². The Kier molecular flexibility index (Phi) is 4.10. The molecule has 3 rings (SSSR count). The van der Waals surface area contributed by atoms with E-state index >= 15 is 0 Å². The molecule has 0 fully saturated rings. The molecule has 0 saturated carbocycles. The molecule has 2 aromatic rings. The summed E-state index contributed by atoms with van der Waals surface area (Å²) < 4.78 is 5.08. The summed E-state index contributed by atoms with van der Waals surface area (Å²) in [6, 6.07) is 3.89. The average Bonchev–Trinajstić information content (AvgIpc) is 2.97. The zero-order valence-electron chi connectivity index (χ0n) is 12.5. The molecule has 0 bridgehead atoms. The molecule has 1 N–H and O–H groups in total. The Morgan fingerprint density at radius 1 is 1.24 bits per heavy atom. The van der Waals surface area contributed by atoms with E-state index in [1.54, 1.807) is 7.11 Å². The fourth-order valence-corrected chi connectivity index (χ4v) is 2.64. The SMILES string of the molecule is CCCc1nc(Cc2ccc(OC)nc2)nc2c1CNC2. The number of fused-ring (bicyclic) bond motifs is 1. The van der Waals surface area contributed by atoms with E-state index in [0.717, 1.165) is 43.0 Å². The van der Waals surface area contributed by atoms with Gasteiger partial charge in [0.2, 0.25) is 5.88 Å². The van der Waals surface area contributed by atoms with Crippen molar-refractivity contribution in [3.8, 4) is 5.88 Å². The Morgan fingerprint density at radius 2 is 2.14 bits per heavy atom. The number of nitrogens with zero attached hydrogens (tertiary/aromatic N) is 3. The minimum Gasteiger partial charge on any atom is -0.481 e. The Hall–Kier alpha value is -2.01. The summed E-state index contributed by atoms with van der Waals surface area (Å²) in [5, 5.41) is 3.36. The summed E-state index contributed by atoms with van der Waals surface area (Å²) in [4.78, 5) is 13.7. The molecule has 3 heterocycles. The van der Waals surface area contributed by atoms with Crippen molar-refractivity contribution >= 4 is 0 Å². The van der Waals surface area contributed by atoms with Gasteiger partial charge in [-0.2, -0.15) is 0 Å². The molecular formula is C16H20N4O. The molecule has 5 nitrogen and oxygen atoms in total. The van der Waals surface area contributed by atoms with E-state index in [1.807, 2.05) is 18.3 Å². The van der Waals surface area contributed by atoms with Crippen molar-refractivity contribution in [1.82, 2.24) is 20.3 Å². The molecule has 1 aliphatic rings. The Balaban J connectivity index is 1.86. The second kappa shape index (κ2) is 6.18. The van der Waals surface area contributed by atoms with Crippen LogP contribution in [0.2, 0.25) is 0 Å². The number of pyridine rings is 1. The van der Waals surface area contributed by atoms with Gasteiger partial charge in [0, 0.05) is 43.0 Å². The van der Waals surface area contributed by atoms with Gasteiger partial charge in [-0.05, 0) is 12.0 Å². The molecule has 21 heavy (non-hydrogen) atoms. The lowest BCUT2D eigenvalue weighted by atomic mass is 10.1. The number of hydrogen-bond acceptors (Lipinski definition) is 5. The summed E-state index contributed by atoms with van der Waals surface area (Å²) in [6.45, 7) is 3.93. The van der Waals surface area contributed by atoms with Crippen molar-refractivity contribution in [2.45, 2.75) is 39.3 Å². The molecule has 0 aliphatic carbocycles. The van der Waals surface area contributed by atoms with Gasteiger partial charge in [-0.25, -0.2) is 15.0 Å². The maximum Gasteiger partial charge on any atom is 0.212 e. The molecular weight excluding hydrogens is 264 g/mol. The van der Waals surface area contributed by atoms with Crippen LogP contribution in [0.5, 0.6) is 5.88 Å². The Labute approximate surface area is 124 Å². The maximum absolute atomic E-state index is 5.08. The highest BCUT2D eigenvalue weighted by Gasteiger charge is 2.18. The lowest BCUT2D eigenvalue weighted by Crippen LogP contribution is -2.07. The van der Waals surface area contributed by atoms with Crippen LogP contribution in [0.4, 0.5) is 0 Å². The second-order valence-corrected chi connectivity index (χ2v) is 5.25. The van der Waals surface area contributed by atoms with Crippen molar-refractivity contribution in [3.63, 3.8) is 0 Å². The molecule has 0 atom stereocenters. The number of hydrogen-bond donors (Lipinski definition) is 1. The van der Waals surface area contributed by atoms with Gasteiger partial charge in [0.25, 0.3) is 0 Å². The molecule has 1 aliphatic heterocycles. The van der Waals surface area contributed by atoms with Crippen molar-refractivity contribution in [3.05, 3.63) is 46.7 Å². The van der Waals surface area contributed by atoms with Crippen LogP contribution < -0.4 is 10.1 Å². The summed E-state index contributed by atoms with van der Waals surface area (Å²) in [6.07, 6.45) is 4.65. The van der Waals surface area contributed by atoms with Crippen LogP contribution in [0.25, 0.3) is 0 Å². The zero-order chi connectivity index (χ0) is 14.7. The molecule has 0 spiro atoms. The molecule has 2 aromatic heterocycles. The van der Waals surface area contributed by atoms with Crippen LogP contribution in [0.3, 0.4) is 0 Å². The number of aromatic nitrogens is 3. The first-order valence-corrected chi connectivity index (χ1v) is 7.37. The standard InChI is InChI=1S/C16H20N4O/c1-3-4-13-12-9-17-10-14(12)20-15(19-13)7-11-5-6-16(21-2)18-8-11/h5-6,8,17H,3-4,7,9-10H2,1-2H3. The quantitative estimate of drug-likeness (QED) is 0.910. The molecule has 0 amide bonds. The van der Waals surface area contributed by atoms with Gasteiger partial charge in [0.15, 0.2) is 0 Å². The summed E-state index contributed by atoms with van der Waals surface area (Å²) >= 11 is 0. The molecule has 0 unspecified atom stereocenters. The predicted octanol–water partition coefficient (Wildman–Crippen LogP) is 2.03. The van der Waals surface area contributed by atoms with Gasteiger partial charge < -0.3 is 10.1 Å². The van der Waals surface area contributed by atoms with E-state index in [-0.39, 0.29) is 0 Å². The average molecular weight is 284 g/mol. The Morgan fingerprint density at radius 3 is 2.86 bits per heavy atom. The van der Waals surface area contributed by atoms with E-state index in [1.165, 1.54) is 11.3 Å². The smallest absolute Gasteiger partial charge is 0.212 e. The fourth-order valence-electron chi connectivity index (χ4n) is 2.64. The van der Waals surface area contributed by atoms with Gasteiger partial charge in [0.05, 0.1) is 12.8 Å². The number of aryl methyl sites for hydroxylation is 1. The van der Waals surface area contributed by atoms with E-state index in [0.29, 0.717) is 12.3 Å². The zero-order valence-corrected chi connectivity index (χ0v) is 12.5. The van der Waals surface area contributed by atoms with Crippen LogP contribution in [0.1, 0.15) is 41.7 Å². The minimum absolute atomic E-state index is 0.629. The van der Waals surface area contributed by atoms with Gasteiger partial charge in [-0.15, -0.1) is 0 Å².